The first-order valence-electron chi connectivity index (χ1n) is 10.1. The minimum absolute atomic E-state index is 0.0740. The van der Waals surface area contributed by atoms with E-state index in [1.54, 1.807) is 24.4 Å². The molecular weight excluding hydrogens is 364 g/mol. The Kier molecular flexibility index (Phi) is 4.12. The molecule has 1 aromatic heterocycles. The first-order valence-corrected chi connectivity index (χ1v) is 10.1. The van der Waals surface area contributed by atoms with Gasteiger partial charge in [-0.3, -0.25) is 9.78 Å². The SMILES string of the molecule is O=C(O)c1ccc2c(c1)C1(CCCCC1)CN2C(=O)c1cnc2ccccc2c1. The Labute approximate surface area is 169 Å². The van der Waals surface area contributed by atoms with Gasteiger partial charge in [0.25, 0.3) is 5.91 Å². The molecule has 146 valence electrons. The Morgan fingerprint density at radius 2 is 1.76 bits per heavy atom. The molecule has 2 aromatic carbocycles. The summed E-state index contributed by atoms with van der Waals surface area (Å²) in [6.07, 6.45) is 7.03. The number of carbonyl (C=O) groups is 2. The van der Waals surface area contributed by atoms with Crippen molar-refractivity contribution in [3.63, 3.8) is 0 Å². The van der Waals surface area contributed by atoms with E-state index in [1.165, 1.54) is 6.42 Å². The van der Waals surface area contributed by atoms with Gasteiger partial charge < -0.3 is 10.0 Å². The van der Waals surface area contributed by atoms with Crippen molar-refractivity contribution >= 4 is 28.5 Å². The van der Waals surface area contributed by atoms with Crippen molar-refractivity contribution in [3.8, 4) is 0 Å². The van der Waals surface area contributed by atoms with Crippen LogP contribution in [-0.2, 0) is 5.41 Å². The van der Waals surface area contributed by atoms with E-state index in [4.69, 9.17) is 0 Å². The number of aromatic nitrogens is 1. The molecule has 29 heavy (non-hydrogen) atoms. The second kappa shape index (κ2) is 6.69. The summed E-state index contributed by atoms with van der Waals surface area (Å²) < 4.78 is 0. The normalized spacial score (nSPS) is 17.4. The average molecular weight is 386 g/mol. The maximum atomic E-state index is 13.5. The number of aromatic carboxylic acids is 1. The Balaban J connectivity index is 1.58. The largest absolute Gasteiger partial charge is 0.478 e. The van der Waals surface area contributed by atoms with Crippen LogP contribution in [0.5, 0.6) is 0 Å². The average Bonchev–Trinajstić information content (AvgIpc) is 3.06. The van der Waals surface area contributed by atoms with Gasteiger partial charge in [0.05, 0.1) is 16.6 Å². The van der Waals surface area contributed by atoms with E-state index in [9.17, 15) is 14.7 Å². The topological polar surface area (TPSA) is 70.5 Å². The van der Waals surface area contributed by atoms with E-state index in [0.29, 0.717) is 12.1 Å². The van der Waals surface area contributed by atoms with Gasteiger partial charge >= 0.3 is 5.97 Å². The van der Waals surface area contributed by atoms with Gasteiger partial charge in [-0.25, -0.2) is 4.79 Å². The first kappa shape index (κ1) is 17.9. The van der Waals surface area contributed by atoms with Crippen LogP contribution in [-0.4, -0.2) is 28.5 Å². The van der Waals surface area contributed by atoms with Crippen LogP contribution < -0.4 is 4.90 Å². The number of anilines is 1. The van der Waals surface area contributed by atoms with Gasteiger partial charge in [-0.2, -0.15) is 0 Å². The quantitative estimate of drug-likeness (QED) is 0.687. The van der Waals surface area contributed by atoms with Crippen molar-refractivity contribution in [1.29, 1.82) is 0 Å². The van der Waals surface area contributed by atoms with E-state index in [1.807, 2.05) is 35.2 Å². The highest BCUT2D eigenvalue weighted by molar-refractivity contribution is 6.09. The third-order valence-electron chi connectivity index (χ3n) is 6.46. The van der Waals surface area contributed by atoms with Crippen LogP contribution in [0.25, 0.3) is 10.9 Å². The number of carbonyl (C=O) groups excluding carboxylic acids is 1. The molecular formula is C24H22N2O3. The Hall–Kier alpha value is -3.21. The Bertz CT molecular complexity index is 1130. The van der Waals surface area contributed by atoms with Crippen molar-refractivity contribution in [3.05, 3.63) is 71.4 Å². The number of rotatable bonds is 2. The van der Waals surface area contributed by atoms with Gasteiger partial charge in [0, 0.05) is 29.2 Å². The minimum atomic E-state index is -0.928. The van der Waals surface area contributed by atoms with E-state index in [2.05, 4.69) is 4.98 Å². The minimum Gasteiger partial charge on any atom is -0.478 e. The zero-order chi connectivity index (χ0) is 20.0. The number of carboxylic acids is 1. The molecule has 0 bridgehead atoms. The van der Waals surface area contributed by atoms with Crippen molar-refractivity contribution in [1.82, 2.24) is 4.98 Å². The van der Waals surface area contributed by atoms with E-state index < -0.39 is 5.97 Å². The second-order valence-electron chi connectivity index (χ2n) is 8.19. The summed E-state index contributed by atoms with van der Waals surface area (Å²) in [5.74, 6) is -1.00. The molecule has 5 nitrogen and oxygen atoms in total. The zero-order valence-electron chi connectivity index (χ0n) is 16.1. The van der Waals surface area contributed by atoms with Crippen molar-refractivity contribution in [2.45, 2.75) is 37.5 Å². The molecule has 1 fully saturated rings. The molecule has 1 spiro atoms. The van der Waals surface area contributed by atoms with Gasteiger partial charge in [-0.15, -0.1) is 0 Å². The number of pyridine rings is 1. The molecule has 3 aromatic rings. The highest BCUT2D eigenvalue weighted by Crippen LogP contribution is 2.49. The summed E-state index contributed by atoms with van der Waals surface area (Å²) in [4.78, 5) is 31.3. The lowest BCUT2D eigenvalue weighted by Crippen LogP contribution is -2.38. The summed E-state index contributed by atoms with van der Waals surface area (Å²) in [6, 6.07) is 14.8. The number of nitrogens with zero attached hydrogens (tertiary/aromatic N) is 2. The fourth-order valence-electron chi connectivity index (χ4n) is 4.98. The van der Waals surface area contributed by atoms with Crippen LogP contribution in [0.2, 0.25) is 0 Å². The van der Waals surface area contributed by atoms with Gasteiger partial charge in [0.1, 0.15) is 0 Å². The maximum Gasteiger partial charge on any atom is 0.335 e. The van der Waals surface area contributed by atoms with Gasteiger partial charge in [-0.05, 0) is 48.7 Å². The highest BCUT2D eigenvalue weighted by Gasteiger charge is 2.45. The third kappa shape index (κ3) is 2.89. The van der Waals surface area contributed by atoms with Crippen LogP contribution in [0.4, 0.5) is 5.69 Å². The van der Waals surface area contributed by atoms with Crippen LogP contribution in [0.3, 0.4) is 0 Å². The second-order valence-corrected chi connectivity index (χ2v) is 8.19. The van der Waals surface area contributed by atoms with Crippen LogP contribution in [0.1, 0.15) is 58.4 Å². The molecule has 2 aliphatic rings. The van der Waals surface area contributed by atoms with E-state index in [-0.39, 0.29) is 16.9 Å². The molecule has 0 atom stereocenters. The molecule has 5 heteroatoms. The van der Waals surface area contributed by atoms with Crippen molar-refractivity contribution in [2.75, 3.05) is 11.4 Å². The first-order chi connectivity index (χ1) is 14.1. The predicted molar refractivity (Wildman–Crippen MR) is 112 cm³/mol. The van der Waals surface area contributed by atoms with Crippen LogP contribution in [0, 0.1) is 0 Å². The number of hydrogen-bond donors (Lipinski definition) is 1. The molecule has 1 N–H and O–H groups in total. The Morgan fingerprint density at radius 3 is 2.55 bits per heavy atom. The number of carboxylic acid groups (broad SMARTS) is 1. The third-order valence-corrected chi connectivity index (χ3v) is 6.46. The summed E-state index contributed by atoms with van der Waals surface area (Å²) in [7, 11) is 0. The van der Waals surface area contributed by atoms with Crippen LogP contribution >= 0.6 is 0 Å². The van der Waals surface area contributed by atoms with Crippen molar-refractivity contribution < 1.29 is 14.7 Å². The summed E-state index contributed by atoms with van der Waals surface area (Å²) in [5, 5.41) is 10.4. The molecule has 5 rings (SSSR count). The summed E-state index contributed by atoms with van der Waals surface area (Å²) in [6.45, 7) is 0.608. The number of hydrogen-bond acceptors (Lipinski definition) is 3. The lowest BCUT2D eigenvalue weighted by atomic mass is 9.70. The summed E-state index contributed by atoms with van der Waals surface area (Å²) in [5.41, 5.74) is 3.43. The number of fused-ring (bicyclic) bond motifs is 3. The molecule has 1 aliphatic heterocycles. The monoisotopic (exact) mass is 386 g/mol. The lowest BCUT2D eigenvalue weighted by Gasteiger charge is -2.34. The smallest absolute Gasteiger partial charge is 0.335 e. The molecule has 1 saturated carbocycles. The number of amides is 1. The highest BCUT2D eigenvalue weighted by atomic mass is 16.4. The maximum absolute atomic E-state index is 13.5. The Morgan fingerprint density at radius 1 is 0.966 bits per heavy atom. The number of benzene rings is 2. The predicted octanol–water partition coefficient (Wildman–Crippen LogP) is 4.80. The number of para-hydroxylation sites is 1. The fraction of sp³-hybridized carbons (Fsp3) is 0.292. The van der Waals surface area contributed by atoms with Gasteiger partial charge in [-0.1, -0.05) is 37.5 Å². The molecule has 0 unspecified atom stereocenters. The van der Waals surface area contributed by atoms with E-state index >= 15 is 0 Å². The summed E-state index contributed by atoms with van der Waals surface area (Å²) >= 11 is 0. The van der Waals surface area contributed by atoms with E-state index in [0.717, 1.165) is 47.8 Å². The standard InChI is InChI=1S/C24H22N2O3/c27-22(18-12-16-6-2-3-7-20(16)25-14-18)26-15-24(10-4-1-5-11-24)19-13-17(23(28)29)8-9-21(19)26/h2-3,6-9,12-14H,1,4-5,10-11,15H2,(H,28,29). The van der Waals surface area contributed by atoms with Gasteiger partial charge in [0.15, 0.2) is 0 Å². The van der Waals surface area contributed by atoms with Crippen molar-refractivity contribution in [2.24, 2.45) is 0 Å². The van der Waals surface area contributed by atoms with Gasteiger partial charge in [0.2, 0.25) is 0 Å². The molecule has 1 aliphatic carbocycles. The molecule has 0 radical (unpaired) electrons. The lowest BCUT2D eigenvalue weighted by molar-refractivity contribution is 0.0696. The van der Waals surface area contributed by atoms with Crippen LogP contribution in [0.15, 0.2) is 54.7 Å². The zero-order valence-corrected chi connectivity index (χ0v) is 16.1. The fourth-order valence-corrected chi connectivity index (χ4v) is 4.98. The molecule has 1 amide bonds. The molecule has 0 saturated heterocycles. The molecule has 2 heterocycles.